The van der Waals surface area contributed by atoms with Crippen LogP contribution >= 0.6 is 0 Å². The zero-order valence-corrected chi connectivity index (χ0v) is 14.4. The van der Waals surface area contributed by atoms with Crippen molar-refractivity contribution in [2.45, 2.75) is 31.7 Å². The zero-order valence-electron chi connectivity index (χ0n) is 14.4. The van der Waals surface area contributed by atoms with Gasteiger partial charge in [-0.05, 0) is 49.2 Å². The maximum absolute atomic E-state index is 11.4. The first-order valence-electron chi connectivity index (χ1n) is 8.77. The van der Waals surface area contributed by atoms with Gasteiger partial charge in [0.05, 0.1) is 16.6 Å². The van der Waals surface area contributed by atoms with E-state index in [4.69, 9.17) is 0 Å². The molecular formula is C20H18N2O5. The highest BCUT2D eigenvalue weighted by molar-refractivity contribution is 5.94. The van der Waals surface area contributed by atoms with Crippen molar-refractivity contribution in [1.82, 2.24) is 9.55 Å². The molecule has 138 valence electrons. The van der Waals surface area contributed by atoms with Gasteiger partial charge >= 0.3 is 11.9 Å². The van der Waals surface area contributed by atoms with Gasteiger partial charge < -0.3 is 19.9 Å². The van der Waals surface area contributed by atoms with Crippen LogP contribution in [-0.2, 0) is 0 Å². The Hall–Kier alpha value is -3.35. The average molecular weight is 366 g/mol. The normalized spacial score (nSPS) is 14.7. The van der Waals surface area contributed by atoms with Crippen molar-refractivity contribution in [2.75, 3.05) is 0 Å². The standard InChI is InChI=1S/C20H18N2O5/c23-17-8-6-11(9-14(17)20(26)27)18-21-15-10-12(19(24)25)5-7-16(15)22(18)13-3-1-2-4-13/h5-10,13,23H,1-4H2,(H,24,25)(H,26,27). The maximum Gasteiger partial charge on any atom is 0.339 e. The van der Waals surface area contributed by atoms with Crippen LogP contribution in [0.15, 0.2) is 36.4 Å². The predicted molar refractivity (Wildman–Crippen MR) is 98.3 cm³/mol. The Bertz CT molecular complexity index is 1060. The van der Waals surface area contributed by atoms with E-state index in [1.165, 1.54) is 18.2 Å². The number of carboxylic acids is 2. The van der Waals surface area contributed by atoms with Crippen molar-refractivity contribution in [1.29, 1.82) is 0 Å². The van der Waals surface area contributed by atoms with Crippen molar-refractivity contribution < 1.29 is 24.9 Å². The molecule has 4 rings (SSSR count). The fourth-order valence-electron chi connectivity index (χ4n) is 3.81. The molecule has 0 aliphatic heterocycles. The summed E-state index contributed by atoms with van der Waals surface area (Å²) in [6, 6.07) is 9.45. The molecule has 0 amide bonds. The average Bonchev–Trinajstić information content (AvgIpc) is 3.28. The van der Waals surface area contributed by atoms with Crippen LogP contribution in [0.25, 0.3) is 22.4 Å². The second kappa shape index (κ2) is 6.42. The van der Waals surface area contributed by atoms with E-state index in [0.717, 1.165) is 31.2 Å². The van der Waals surface area contributed by atoms with Crippen LogP contribution in [0, 0.1) is 0 Å². The van der Waals surface area contributed by atoms with E-state index in [-0.39, 0.29) is 22.9 Å². The highest BCUT2D eigenvalue weighted by Crippen LogP contribution is 2.37. The molecule has 0 unspecified atom stereocenters. The Morgan fingerprint density at radius 3 is 2.41 bits per heavy atom. The van der Waals surface area contributed by atoms with Crippen molar-refractivity contribution in [3.05, 3.63) is 47.5 Å². The summed E-state index contributed by atoms with van der Waals surface area (Å²) in [5.41, 5.74) is 1.92. The van der Waals surface area contributed by atoms with Crippen LogP contribution < -0.4 is 0 Å². The van der Waals surface area contributed by atoms with Gasteiger partial charge in [0.2, 0.25) is 0 Å². The number of rotatable bonds is 4. The molecule has 1 aromatic heterocycles. The molecule has 0 bridgehead atoms. The van der Waals surface area contributed by atoms with Gasteiger partial charge in [0.1, 0.15) is 17.1 Å². The molecule has 3 N–H and O–H groups in total. The summed E-state index contributed by atoms with van der Waals surface area (Å²) in [5.74, 6) is -1.96. The lowest BCUT2D eigenvalue weighted by molar-refractivity contribution is 0.0684. The van der Waals surface area contributed by atoms with Crippen molar-refractivity contribution in [3.8, 4) is 17.1 Å². The largest absolute Gasteiger partial charge is 0.507 e. The summed E-state index contributed by atoms with van der Waals surface area (Å²) in [6.07, 6.45) is 4.19. The summed E-state index contributed by atoms with van der Waals surface area (Å²) in [4.78, 5) is 27.3. The Kier molecular flexibility index (Phi) is 4.07. The third-order valence-electron chi connectivity index (χ3n) is 5.11. The van der Waals surface area contributed by atoms with Gasteiger partial charge in [-0.1, -0.05) is 12.8 Å². The summed E-state index contributed by atoms with van der Waals surface area (Å²) in [7, 11) is 0. The molecule has 0 atom stereocenters. The number of aromatic carboxylic acids is 2. The van der Waals surface area contributed by atoms with Crippen LogP contribution in [0.1, 0.15) is 52.4 Å². The van der Waals surface area contributed by atoms with Gasteiger partial charge in [-0.2, -0.15) is 0 Å². The topological polar surface area (TPSA) is 113 Å². The van der Waals surface area contributed by atoms with E-state index in [2.05, 4.69) is 9.55 Å². The number of imidazole rings is 1. The Morgan fingerprint density at radius 2 is 1.74 bits per heavy atom. The summed E-state index contributed by atoms with van der Waals surface area (Å²) in [5, 5.41) is 28.3. The molecule has 7 nitrogen and oxygen atoms in total. The van der Waals surface area contributed by atoms with Crippen LogP contribution in [0.3, 0.4) is 0 Å². The fourth-order valence-corrected chi connectivity index (χ4v) is 3.81. The van der Waals surface area contributed by atoms with E-state index >= 15 is 0 Å². The quantitative estimate of drug-likeness (QED) is 0.645. The van der Waals surface area contributed by atoms with Crippen LogP contribution in [-0.4, -0.2) is 36.8 Å². The molecule has 3 aromatic rings. The first kappa shape index (κ1) is 17.1. The highest BCUT2D eigenvalue weighted by atomic mass is 16.4. The smallest absolute Gasteiger partial charge is 0.339 e. The van der Waals surface area contributed by atoms with E-state index in [1.807, 2.05) is 0 Å². The van der Waals surface area contributed by atoms with E-state index < -0.39 is 11.9 Å². The summed E-state index contributed by atoms with van der Waals surface area (Å²) < 4.78 is 2.08. The predicted octanol–water partition coefficient (Wildman–Crippen LogP) is 3.92. The van der Waals surface area contributed by atoms with Crippen LogP contribution in [0.4, 0.5) is 0 Å². The van der Waals surface area contributed by atoms with Crippen molar-refractivity contribution >= 4 is 23.0 Å². The third kappa shape index (κ3) is 2.91. The molecule has 0 spiro atoms. The van der Waals surface area contributed by atoms with Gasteiger partial charge in [-0.15, -0.1) is 0 Å². The van der Waals surface area contributed by atoms with E-state index in [1.54, 1.807) is 18.2 Å². The lowest BCUT2D eigenvalue weighted by Gasteiger charge is -2.17. The molecule has 1 saturated carbocycles. The van der Waals surface area contributed by atoms with E-state index in [9.17, 15) is 24.9 Å². The first-order chi connectivity index (χ1) is 13.0. The molecule has 1 fully saturated rings. The summed E-state index contributed by atoms with van der Waals surface area (Å²) >= 11 is 0. The number of carboxylic acid groups (broad SMARTS) is 2. The van der Waals surface area contributed by atoms with Gasteiger partial charge in [0.15, 0.2) is 0 Å². The number of aromatic nitrogens is 2. The zero-order chi connectivity index (χ0) is 19.1. The number of benzene rings is 2. The lowest BCUT2D eigenvalue weighted by Crippen LogP contribution is -2.07. The van der Waals surface area contributed by atoms with Gasteiger partial charge in [-0.25, -0.2) is 14.6 Å². The molecule has 7 heteroatoms. The molecule has 0 radical (unpaired) electrons. The molecule has 2 aromatic carbocycles. The number of aromatic hydroxyl groups is 1. The number of nitrogens with zero attached hydrogens (tertiary/aromatic N) is 2. The van der Waals surface area contributed by atoms with Crippen molar-refractivity contribution in [3.63, 3.8) is 0 Å². The molecule has 1 aliphatic carbocycles. The second-order valence-corrected chi connectivity index (χ2v) is 6.79. The SMILES string of the molecule is O=C(O)c1ccc2c(c1)nc(-c1ccc(O)c(C(=O)O)c1)n2C1CCCC1. The summed E-state index contributed by atoms with van der Waals surface area (Å²) in [6.45, 7) is 0. The lowest BCUT2D eigenvalue weighted by atomic mass is 10.1. The molecule has 27 heavy (non-hydrogen) atoms. The van der Waals surface area contributed by atoms with Gasteiger partial charge in [-0.3, -0.25) is 0 Å². The van der Waals surface area contributed by atoms with Gasteiger partial charge in [0, 0.05) is 11.6 Å². The number of phenols is 1. The Morgan fingerprint density at radius 1 is 1.00 bits per heavy atom. The molecule has 1 heterocycles. The minimum absolute atomic E-state index is 0.155. The second-order valence-electron chi connectivity index (χ2n) is 6.79. The number of hydrogen-bond acceptors (Lipinski definition) is 4. The van der Waals surface area contributed by atoms with Crippen LogP contribution in [0.2, 0.25) is 0 Å². The van der Waals surface area contributed by atoms with Crippen LogP contribution in [0.5, 0.6) is 5.75 Å². The minimum Gasteiger partial charge on any atom is -0.507 e. The van der Waals surface area contributed by atoms with Gasteiger partial charge in [0.25, 0.3) is 0 Å². The number of fused-ring (bicyclic) bond motifs is 1. The number of carbonyl (C=O) groups is 2. The Balaban J connectivity index is 1.96. The molecule has 1 aliphatic rings. The maximum atomic E-state index is 11.4. The number of hydrogen-bond donors (Lipinski definition) is 3. The molecular weight excluding hydrogens is 348 g/mol. The first-order valence-corrected chi connectivity index (χ1v) is 8.77. The third-order valence-corrected chi connectivity index (χ3v) is 5.11. The highest BCUT2D eigenvalue weighted by Gasteiger charge is 2.24. The van der Waals surface area contributed by atoms with E-state index in [0.29, 0.717) is 16.9 Å². The fraction of sp³-hybridized carbons (Fsp3) is 0.250. The molecule has 0 saturated heterocycles. The Labute approximate surface area is 154 Å². The monoisotopic (exact) mass is 366 g/mol. The van der Waals surface area contributed by atoms with Crippen molar-refractivity contribution in [2.24, 2.45) is 0 Å². The minimum atomic E-state index is -1.22.